The zero-order chi connectivity index (χ0) is 14.5. The van der Waals surface area contributed by atoms with Gasteiger partial charge < -0.3 is 10.1 Å². The van der Waals surface area contributed by atoms with Crippen LogP contribution >= 0.6 is 15.9 Å². The summed E-state index contributed by atoms with van der Waals surface area (Å²) in [5.41, 5.74) is 1.65. The van der Waals surface area contributed by atoms with E-state index in [4.69, 9.17) is 10.00 Å². The number of halogens is 2. The summed E-state index contributed by atoms with van der Waals surface area (Å²) in [6.45, 7) is 0.277. The molecule has 0 aliphatic rings. The summed E-state index contributed by atoms with van der Waals surface area (Å²) in [7, 11) is 1.43. The summed E-state index contributed by atoms with van der Waals surface area (Å²) in [5.74, 6) is -0.182. The second kappa shape index (κ2) is 6.40. The first kappa shape index (κ1) is 14.4. The van der Waals surface area contributed by atoms with E-state index in [0.29, 0.717) is 16.8 Å². The predicted octanol–water partition coefficient (Wildman–Crippen LogP) is 4.08. The van der Waals surface area contributed by atoms with E-state index in [1.807, 2.05) is 6.07 Å². The van der Waals surface area contributed by atoms with Crippen LogP contribution in [0, 0.1) is 17.1 Å². The number of hydrogen-bond donors (Lipinski definition) is 1. The van der Waals surface area contributed by atoms with Crippen molar-refractivity contribution >= 4 is 21.6 Å². The lowest BCUT2D eigenvalue weighted by Crippen LogP contribution is -2.04. The maximum atomic E-state index is 14.0. The number of benzene rings is 2. The van der Waals surface area contributed by atoms with Crippen LogP contribution in [0.5, 0.6) is 5.75 Å². The zero-order valence-corrected chi connectivity index (χ0v) is 12.4. The highest BCUT2D eigenvalue weighted by Gasteiger charge is 2.09. The summed E-state index contributed by atoms with van der Waals surface area (Å²) in [6, 6.07) is 12.4. The van der Waals surface area contributed by atoms with Crippen molar-refractivity contribution < 1.29 is 9.13 Å². The predicted molar refractivity (Wildman–Crippen MR) is 79.1 cm³/mol. The van der Waals surface area contributed by atoms with Gasteiger partial charge in [-0.15, -0.1) is 0 Å². The van der Waals surface area contributed by atoms with Crippen LogP contribution in [0.1, 0.15) is 11.1 Å². The Morgan fingerprint density at radius 3 is 2.85 bits per heavy atom. The molecule has 0 atom stereocenters. The van der Waals surface area contributed by atoms with Crippen molar-refractivity contribution in [2.75, 3.05) is 12.4 Å². The fraction of sp³-hybridized carbons (Fsp3) is 0.133. The van der Waals surface area contributed by atoms with E-state index >= 15 is 0 Å². The minimum absolute atomic E-state index is 0.209. The first-order chi connectivity index (χ1) is 9.65. The molecular formula is C15H12BrFN2O. The monoisotopic (exact) mass is 334 g/mol. The Kier molecular flexibility index (Phi) is 4.59. The van der Waals surface area contributed by atoms with Gasteiger partial charge in [-0.05, 0) is 24.3 Å². The molecule has 0 unspecified atom stereocenters. The molecule has 102 valence electrons. The second-order valence-electron chi connectivity index (χ2n) is 4.09. The molecule has 0 aliphatic heterocycles. The minimum Gasteiger partial charge on any atom is -0.494 e. The third-order valence-corrected chi connectivity index (χ3v) is 3.33. The second-order valence-corrected chi connectivity index (χ2v) is 5.00. The van der Waals surface area contributed by atoms with Gasteiger partial charge in [0.15, 0.2) is 11.6 Å². The molecule has 0 aliphatic carbocycles. The number of rotatable bonds is 4. The largest absolute Gasteiger partial charge is 0.494 e. The molecule has 0 fully saturated rings. The van der Waals surface area contributed by atoms with Gasteiger partial charge in [0.1, 0.15) is 6.07 Å². The van der Waals surface area contributed by atoms with E-state index in [2.05, 4.69) is 27.3 Å². The smallest absolute Gasteiger partial charge is 0.170 e. The molecule has 3 nitrogen and oxygen atoms in total. The Labute approximate surface area is 125 Å². The van der Waals surface area contributed by atoms with Crippen molar-refractivity contribution in [3.05, 3.63) is 57.8 Å². The number of nitriles is 1. The van der Waals surface area contributed by atoms with E-state index in [9.17, 15) is 4.39 Å². The van der Waals surface area contributed by atoms with Crippen molar-refractivity contribution in [3.63, 3.8) is 0 Å². The van der Waals surface area contributed by atoms with Crippen molar-refractivity contribution in [1.82, 2.24) is 0 Å². The average Bonchev–Trinajstić information content (AvgIpc) is 2.47. The molecule has 2 rings (SSSR count). The quantitative estimate of drug-likeness (QED) is 0.916. The van der Waals surface area contributed by atoms with Gasteiger partial charge in [-0.3, -0.25) is 0 Å². The lowest BCUT2D eigenvalue weighted by molar-refractivity contribution is 0.384. The molecule has 0 radical (unpaired) electrons. The van der Waals surface area contributed by atoms with E-state index < -0.39 is 5.82 Å². The third-order valence-electron chi connectivity index (χ3n) is 2.83. The molecule has 2 aromatic carbocycles. The van der Waals surface area contributed by atoms with Crippen molar-refractivity contribution in [3.8, 4) is 11.8 Å². The molecule has 0 spiro atoms. The van der Waals surface area contributed by atoms with E-state index in [1.54, 1.807) is 30.3 Å². The molecule has 0 aromatic heterocycles. The fourth-order valence-corrected chi connectivity index (χ4v) is 2.17. The van der Waals surface area contributed by atoms with Crippen molar-refractivity contribution in [1.29, 1.82) is 5.26 Å². The van der Waals surface area contributed by atoms with Crippen LogP contribution in [0.15, 0.2) is 40.9 Å². The standard InChI is InChI=1S/C15H12BrFN2O/c1-20-14-4-2-3-10(15(14)17)9-19-13-6-5-12(16)7-11(13)8-18/h2-7,19H,9H2,1H3. The molecular weight excluding hydrogens is 323 g/mol. The van der Waals surface area contributed by atoms with Gasteiger partial charge in [0.05, 0.1) is 18.4 Å². The van der Waals surface area contributed by atoms with E-state index in [0.717, 1.165) is 4.47 Å². The average molecular weight is 335 g/mol. The van der Waals surface area contributed by atoms with Crippen LogP contribution in [-0.2, 0) is 6.54 Å². The van der Waals surface area contributed by atoms with Crippen LogP contribution in [-0.4, -0.2) is 7.11 Å². The number of hydrogen-bond acceptors (Lipinski definition) is 3. The Morgan fingerprint density at radius 1 is 1.35 bits per heavy atom. The highest BCUT2D eigenvalue weighted by Crippen LogP contribution is 2.23. The molecule has 2 aromatic rings. The Balaban J connectivity index is 2.20. The van der Waals surface area contributed by atoms with Gasteiger partial charge in [-0.1, -0.05) is 28.1 Å². The number of methoxy groups -OCH3 is 1. The fourth-order valence-electron chi connectivity index (χ4n) is 1.80. The zero-order valence-electron chi connectivity index (χ0n) is 10.8. The van der Waals surface area contributed by atoms with Gasteiger partial charge in [0.2, 0.25) is 0 Å². The van der Waals surface area contributed by atoms with E-state index in [1.165, 1.54) is 7.11 Å². The first-order valence-corrected chi connectivity index (χ1v) is 6.70. The van der Waals surface area contributed by atoms with Crippen LogP contribution in [0.25, 0.3) is 0 Å². The summed E-state index contributed by atoms with van der Waals surface area (Å²) in [6.07, 6.45) is 0. The first-order valence-electron chi connectivity index (χ1n) is 5.90. The van der Waals surface area contributed by atoms with Crippen LogP contribution < -0.4 is 10.1 Å². The normalized spacial score (nSPS) is 9.90. The Hall–Kier alpha value is -2.06. The summed E-state index contributed by atoms with van der Waals surface area (Å²) in [4.78, 5) is 0. The van der Waals surface area contributed by atoms with Crippen LogP contribution in [0.4, 0.5) is 10.1 Å². The Bertz CT molecular complexity index is 667. The van der Waals surface area contributed by atoms with Crippen LogP contribution in [0.3, 0.4) is 0 Å². The third kappa shape index (κ3) is 3.09. The number of nitrogens with one attached hydrogen (secondary N) is 1. The SMILES string of the molecule is COc1cccc(CNc2ccc(Br)cc2C#N)c1F. The molecule has 0 heterocycles. The highest BCUT2D eigenvalue weighted by atomic mass is 79.9. The van der Waals surface area contributed by atoms with Crippen LogP contribution in [0.2, 0.25) is 0 Å². The molecule has 5 heteroatoms. The van der Waals surface area contributed by atoms with Crippen molar-refractivity contribution in [2.45, 2.75) is 6.54 Å². The van der Waals surface area contributed by atoms with Gasteiger partial charge in [0, 0.05) is 16.6 Å². The number of anilines is 1. The molecule has 20 heavy (non-hydrogen) atoms. The highest BCUT2D eigenvalue weighted by molar-refractivity contribution is 9.10. The lowest BCUT2D eigenvalue weighted by atomic mass is 10.1. The molecule has 0 saturated carbocycles. The van der Waals surface area contributed by atoms with Gasteiger partial charge in [-0.2, -0.15) is 5.26 Å². The van der Waals surface area contributed by atoms with Gasteiger partial charge in [0.25, 0.3) is 0 Å². The van der Waals surface area contributed by atoms with E-state index in [-0.39, 0.29) is 12.3 Å². The molecule has 0 bridgehead atoms. The molecule has 0 saturated heterocycles. The topological polar surface area (TPSA) is 45.0 Å². The van der Waals surface area contributed by atoms with Gasteiger partial charge >= 0.3 is 0 Å². The molecule has 1 N–H and O–H groups in total. The number of ether oxygens (including phenoxy) is 1. The summed E-state index contributed by atoms with van der Waals surface area (Å²) >= 11 is 3.31. The minimum atomic E-state index is -0.391. The molecule has 0 amide bonds. The Morgan fingerprint density at radius 2 is 2.15 bits per heavy atom. The maximum absolute atomic E-state index is 14.0. The van der Waals surface area contributed by atoms with Gasteiger partial charge in [-0.25, -0.2) is 4.39 Å². The lowest BCUT2D eigenvalue weighted by Gasteiger charge is -2.11. The number of nitrogens with zero attached hydrogens (tertiary/aromatic N) is 1. The van der Waals surface area contributed by atoms with Crippen molar-refractivity contribution in [2.24, 2.45) is 0 Å². The summed E-state index contributed by atoms with van der Waals surface area (Å²) < 4.78 is 19.7. The summed E-state index contributed by atoms with van der Waals surface area (Å²) in [5, 5.41) is 12.1. The maximum Gasteiger partial charge on any atom is 0.170 e.